The van der Waals surface area contributed by atoms with Crippen LogP contribution in [0.15, 0.2) is 24.3 Å². The number of hydrogen-bond acceptors (Lipinski definition) is 4. The summed E-state index contributed by atoms with van der Waals surface area (Å²) in [6.07, 6.45) is 1.10. The Balaban J connectivity index is 2.12. The molecule has 1 N–H and O–H groups in total. The average Bonchev–Trinajstić information content (AvgIpc) is 2.49. The van der Waals surface area contributed by atoms with Crippen molar-refractivity contribution in [2.24, 2.45) is 0 Å². The van der Waals surface area contributed by atoms with Gasteiger partial charge in [0.05, 0.1) is 6.61 Å². The van der Waals surface area contributed by atoms with E-state index in [0.717, 1.165) is 31.8 Å². The van der Waals surface area contributed by atoms with Gasteiger partial charge in [-0.1, -0.05) is 18.2 Å². The van der Waals surface area contributed by atoms with Crippen LogP contribution in [0.3, 0.4) is 0 Å². The Bertz CT molecular complexity index is 438. The second kappa shape index (κ2) is 7.78. The van der Waals surface area contributed by atoms with Gasteiger partial charge in [0.15, 0.2) is 0 Å². The maximum absolute atomic E-state index is 5.79. The molecule has 4 heteroatoms. The summed E-state index contributed by atoms with van der Waals surface area (Å²) in [4.78, 5) is 4.90. The first kappa shape index (κ1) is 16.3. The highest BCUT2D eigenvalue weighted by Gasteiger charge is 2.26. The molecule has 1 aliphatic rings. The maximum Gasteiger partial charge on any atom is 0.124 e. The number of hydrogen-bond donors (Lipinski definition) is 1. The van der Waals surface area contributed by atoms with Gasteiger partial charge in [0.2, 0.25) is 0 Å². The zero-order chi connectivity index (χ0) is 15.2. The summed E-state index contributed by atoms with van der Waals surface area (Å²) in [6, 6.07) is 9.29. The molecule has 0 aromatic heterocycles. The van der Waals surface area contributed by atoms with E-state index in [-0.39, 0.29) is 0 Å². The average molecular weight is 291 g/mol. The molecule has 0 saturated carbocycles. The first-order valence-electron chi connectivity index (χ1n) is 7.93. The third-order valence-electron chi connectivity index (χ3n) is 4.43. The van der Waals surface area contributed by atoms with Crippen LogP contribution >= 0.6 is 0 Å². The van der Waals surface area contributed by atoms with Crippen LogP contribution in [0.1, 0.15) is 24.9 Å². The molecule has 2 unspecified atom stereocenters. The lowest BCUT2D eigenvalue weighted by atomic mass is 9.96. The summed E-state index contributed by atoms with van der Waals surface area (Å²) in [5.74, 6) is 1.01. The quantitative estimate of drug-likeness (QED) is 0.867. The van der Waals surface area contributed by atoms with Crippen LogP contribution in [-0.2, 0) is 0 Å². The number of nitrogens with one attached hydrogen (secondary N) is 1. The Kier molecular flexibility index (Phi) is 6.03. The van der Waals surface area contributed by atoms with E-state index < -0.39 is 0 Å². The van der Waals surface area contributed by atoms with Crippen molar-refractivity contribution in [1.29, 1.82) is 0 Å². The minimum absolute atomic E-state index is 0.326. The van der Waals surface area contributed by atoms with Crippen LogP contribution in [0.25, 0.3) is 0 Å². The number of likely N-dealkylation sites (N-methyl/N-ethyl adjacent to an activating group) is 2. The van der Waals surface area contributed by atoms with Crippen LogP contribution in [0, 0.1) is 0 Å². The zero-order valence-corrected chi connectivity index (χ0v) is 13.8. The highest BCUT2D eigenvalue weighted by atomic mass is 16.5. The standard InChI is InChI=1S/C17H29N3O/c1-5-21-17-9-7-6-8-15(17)16(18-2)12-14-13-19(3)10-11-20(14)4/h6-9,14,16,18H,5,10-13H2,1-4H3. The molecular formula is C17H29N3O. The second-order valence-corrected chi connectivity index (χ2v) is 5.94. The molecule has 21 heavy (non-hydrogen) atoms. The lowest BCUT2D eigenvalue weighted by Gasteiger charge is -2.39. The third kappa shape index (κ3) is 4.19. The monoisotopic (exact) mass is 291 g/mol. The largest absolute Gasteiger partial charge is 0.494 e. The van der Waals surface area contributed by atoms with Crippen LogP contribution in [0.5, 0.6) is 5.75 Å². The predicted molar refractivity (Wildman–Crippen MR) is 87.9 cm³/mol. The highest BCUT2D eigenvalue weighted by molar-refractivity contribution is 5.36. The van der Waals surface area contributed by atoms with Gasteiger partial charge >= 0.3 is 0 Å². The molecule has 2 rings (SSSR count). The van der Waals surface area contributed by atoms with E-state index in [0.29, 0.717) is 18.7 Å². The Morgan fingerprint density at radius 2 is 2.05 bits per heavy atom. The van der Waals surface area contributed by atoms with Crippen LogP contribution in [-0.4, -0.2) is 63.2 Å². The number of piperazine rings is 1. The van der Waals surface area contributed by atoms with E-state index in [1.54, 1.807) is 0 Å². The summed E-state index contributed by atoms with van der Waals surface area (Å²) in [6.45, 7) is 6.18. The van der Waals surface area contributed by atoms with Crippen molar-refractivity contribution in [2.75, 3.05) is 47.4 Å². The first-order chi connectivity index (χ1) is 10.2. The number of nitrogens with zero attached hydrogens (tertiary/aromatic N) is 2. The van der Waals surface area contributed by atoms with Crippen LogP contribution in [0.2, 0.25) is 0 Å². The lowest BCUT2D eigenvalue weighted by molar-refractivity contribution is 0.101. The lowest BCUT2D eigenvalue weighted by Crippen LogP contribution is -2.50. The summed E-state index contributed by atoms with van der Waals surface area (Å²) in [5.41, 5.74) is 1.27. The van der Waals surface area contributed by atoms with E-state index in [4.69, 9.17) is 4.74 Å². The molecule has 1 saturated heterocycles. The topological polar surface area (TPSA) is 27.7 Å². The summed E-state index contributed by atoms with van der Waals surface area (Å²) < 4.78 is 5.79. The van der Waals surface area contributed by atoms with Gasteiger partial charge in [-0.15, -0.1) is 0 Å². The zero-order valence-electron chi connectivity index (χ0n) is 13.8. The molecule has 0 radical (unpaired) electrons. The molecule has 4 nitrogen and oxygen atoms in total. The van der Waals surface area contributed by atoms with Gasteiger partial charge in [-0.2, -0.15) is 0 Å². The molecule has 2 atom stereocenters. The van der Waals surface area contributed by atoms with Gasteiger partial charge in [0, 0.05) is 37.3 Å². The van der Waals surface area contributed by atoms with Crippen molar-refractivity contribution < 1.29 is 4.74 Å². The fourth-order valence-corrected chi connectivity index (χ4v) is 3.08. The molecule has 0 aliphatic carbocycles. The molecule has 1 aromatic carbocycles. The van der Waals surface area contributed by atoms with Crippen molar-refractivity contribution in [3.05, 3.63) is 29.8 Å². The molecule has 1 fully saturated rings. The van der Waals surface area contributed by atoms with Crippen LogP contribution < -0.4 is 10.1 Å². The van der Waals surface area contributed by atoms with Crippen molar-refractivity contribution in [1.82, 2.24) is 15.1 Å². The maximum atomic E-state index is 5.79. The molecule has 0 amide bonds. The second-order valence-electron chi connectivity index (χ2n) is 5.94. The van der Waals surface area contributed by atoms with E-state index in [1.165, 1.54) is 5.56 Å². The van der Waals surface area contributed by atoms with Gasteiger partial charge < -0.3 is 19.9 Å². The fraction of sp³-hybridized carbons (Fsp3) is 0.647. The molecule has 0 bridgehead atoms. The molecule has 1 aromatic rings. The number of para-hydroxylation sites is 1. The SMILES string of the molecule is CCOc1ccccc1C(CC1CN(C)CCN1C)NC. The van der Waals surface area contributed by atoms with Crippen molar-refractivity contribution >= 4 is 0 Å². The Labute approximate surface area is 129 Å². The van der Waals surface area contributed by atoms with Gasteiger partial charge in [-0.05, 0) is 40.6 Å². The molecule has 118 valence electrons. The van der Waals surface area contributed by atoms with E-state index in [9.17, 15) is 0 Å². The first-order valence-corrected chi connectivity index (χ1v) is 7.93. The smallest absolute Gasteiger partial charge is 0.124 e. The molecule has 1 aliphatic heterocycles. The highest BCUT2D eigenvalue weighted by Crippen LogP contribution is 2.29. The van der Waals surface area contributed by atoms with E-state index >= 15 is 0 Å². The van der Waals surface area contributed by atoms with E-state index in [2.05, 4.69) is 47.4 Å². The molecular weight excluding hydrogens is 262 g/mol. The van der Waals surface area contributed by atoms with Crippen LogP contribution in [0.4, 0.5) is 0 Å². The Morgan fingerprint density at radius 1 is 1.29 bits per heavy atom. The van der Waals surface area contributed by atoms with Crippen molar-refractivity contribution in [2.45, 2.75) is 25.4 Å². The Hall–Kier alpha value is -1.10. The summed E-state index contributed by atoms with van der Waals surface area (Å²) >= 11 is 0. The minimum atomic E-state index is 0.326. The van der Waals surface area contributed by atoms with E-state index in [1.807, 2.05) is 20.0 Å². The number of benzene rings is 1. The fourth-order valence-electron chi connectivity index (χ4n) is 3.08. The van der Waals surface area contributed by atoms with Crippen molar-refractivity contribution in [3.8, 4) is 5.75 Å². The Morgan fingerprint density at radius 3 is 2.76 bits per heavy atom. The number of rotatable bonds is 6. The minimum Gasteiger partial charge on any atom is -0.494 e. The van der Waals surface area contributed by atoms with Gasteiger partial charge in [0.25, 0.3) is 0 Å². The van der Waals surface area contributed by atoms with Gasteiger partial charge in [-0.25, -0.2) is 0 Å². The molecule has 1 heterocycles. The van der Waals surface area contributed by atoms with Gasteiger partial charge in [-0.3, -0.25) is 0 Å². The normalized spacial score (nSPS) is 22.2. The summed E-state index contributed by atoms with van der Waals surface area (Å²) in [7, 11) is 6.49. The summed E-state index contributed by atoms with van der Waals surface area (Å²) in [5, 5.41) is 3.47. The predicted octanol–water partition coefficient (Wildman–Crippen LogP) is 1.98. The number of ether oxygens (including phenoxy) is 1. The third-order valence-corrected chi connectivity index (χ3v) is 4.43. The molecule has 0 spiro atoms. The van der Waals surface area contributed by atoms with Gasteiger partial charge in [0.1, 0.15) is 5.75 Å². The van der Waals surface area contributed by atoms with Crippen molar-refractivity contribution in [3.63, 3.8) is 0 Å².